The number of hydrogen-bond acceptors (Lipinski definition) is 2. The third kappa shape index (κ3) is 3.19. The van der Waals surface area contributed by atoms with Gasteiger partial charge in [-0.3, -0.25) is 4.79 Å². The van der Waals surface area contributed by atoms with Crippen molar-refractivity contribution in [1.29, 1.82) is 0 Å². The van der Waals surface area contributed by atoms with Crippen molar-refractivity contribution in [2.24, 2.45) is 0 Å². The van der Waals surface area contributed by atoms with E-state index in [9.17, 15) is 9.18 Å². The molecule has 0 atom stereocenters. The van der Waals surface area contributed by atoms with Gasteiger partial charge in [0, 0.05) is 17.0 Å². The number of H-pyrrole nitrogens is 1. The maximum Gasteiger partial charge on any atom is 0.208 e. The molecule has 0 amide bonds. The molecule has 5 heteroatoms. The number of pyridine rings is 1. The zero-order valence-corrected chi connectivity index (χ0v) is 13.9. The molecule has 0 saturated carbocycles. The van der Waals surface area contributed by atoms with Gasteiger partial charge in [-0.2, -0.15) is 0 Å². The summed E-state index contributed by atoms with van der Waals surface area (Å²) in [6.07, 6.45) is 0. The Morgan fingerprint density at radius 1 is 0.917 bits per heavy atom. The Labute approximate surface area is 143 Å². The summed E-state index contributed by atoms with van der Waals surface area (Å²) in [4.78, 5) is 15.5. The molecule has 122 valence electrons. The quantitative estimate of drug-likeness (QED) is 0.706. The van der Waals surface area contributed by atoms with E-state index in [1.54, 1.807) is 43.3 Å². The Balaban J connectivity index is 1.92. The van der Waals surface area contributed by atoms with E-state index in [0.717, 1.165) is 11.3 Å². The number of benzene rings is 2. The summed E-state index contributed by atoms with van der Waals surface area (Å²) in [5.41, 5.74) is 2.51. The predicted octanol–water partition coefficient (Wildman–Crippen LogP) is 5.24. The fraction of sp³-hybridized carbons (Fsp3) is 0.105. The number of ether oxygens (including phenoxy) is 1. The zero-order chi connectivity index (χ0) is 17.3. The van der Waals surface area contributed by atoms with Crippen LogP contribution in [-0.2, 0) is 0 Å². The molecule has 0 aliphatic rings. The van der Waals surface area contributed by atoms with Gasteiger partial charge >= 0.3 is 0 Å². The SMILES string of the molecule is Cc1[nH]c(C)c(-c2ccc(Oc3ccc(F)cc3)cc2)c(=O)c1Cl. The Morgan fingerprint density at radius 2 is 1.46 bits per heavy atom. The molecule has 3 aromatic rings. The first kappa shape index (κ1) is 16.3. The van der Waals surface area contributed by atoms with Crippen molar-refractivity contribution in [3.63, 3.8) is 0 Å². The van der Waals surface area contributed by atoms with E-state index in [-0.39, 0.29) is 16.3 Å². The summed E-state index contributed by atoms with van der Waals surface area (Å²) in [6, 6.07) is 12.9. The van der Waals surface area contributed by atoms with Gasteiger partial charge in [0.05, 0.1) is 0 Å². The number of aromatic amines is 1. The number of halogens is 2. The van der Waals surface area contributed by atoms with E-state index in [1.165, 1.54) is 12.1 Å². The van der Waals surface area contributed by atoms with Crippen molar-refractivity contribution >= 4 is 11.6 Å². The molecule has 2 aromatic carbocycles. The first-order valence-corrected chi connectivity index (χ1v) is 7.76. The van der Waals surface area contributed by atoms with Crippen LogP contribution in [0.1, 0.15) is 11.4 Å². The van der Waals surface area contributed by atoms with Crippen molar-refractivity contribution < 1.29 is 9.13 Å². The second kappa shape index (κ2) is 6.49. The lowest BCUT2D eigenvalue weighted by atomic mass is 10.0. The first-order valence-electron chi connectivity index (χ1n) is 7.38. The monoisotopic (exact) mass is 343 g/mol. The van der Waals surface area contributed by atoms with Crippen molar-refractivity contribution in [3.8, 4) is 22.6 Å². The fourth-order valence-corrected chi connectivity index (χ4v) is 2.67. The van der Waals surface area contributed by atoms with Crippen LogP contribution in [0.4, 0.5) is 4.39 Å². The van der Waals surface area contributed by atoms with E-state index in [0.29, 0.717) is 22.8 Å². The third-order valence-electron chi connectivity index (χ3n) is 3.70. The van der Waals surface area contributed by atoms with Gasteiger partial charge in [-0.05, 0) is 55.8 Å². The smallest absolute Gasteiger partial charge is 0.208 e. The average molecular weight is 344 g/mol. The average Bonchev–Trinajstić information content (AvgIpc) is 2.56. The van der Waals surface area contributed by atoms with Crippen molar-refractivity contribution in [3.05, 3.63) is 81.0 Å². The Morgan fingerprint density at radius 3 is 2.04 bits per heavy atom. The molecule has 24 heavy (non-hydrogen) atoms. The molecule has 0 saturated heterocycles. The largest absolute Gasteiger partial charge is 0.457 e. The molecule has 3 nitrogen and oxygen atoms in total. The molecule has 0 unspecified atom stereocenters. The molecule has 1 heterocycles. The lowest BCUT2D eigenvalue weighted by Gasteiger charge is -2.10. The topological polar surface area (TPSA) is 42.1 Å². The minimum absolute atomic E-state index is 0.197. The highest BCUT2D eigenvalue weighted by Gasteiger charge is 2.13. The van der Waals surface area contributed by atoms with Crippen LogP contribution in [0.25, 0.3) is 11.1 Å². The predicted molar refractivity (Wildman–Crippen MR) is 93.5 cm³/mol. The second-order valence-electron chi connectivity index (χ2n) is 5.47. The molecular formula is C19H15ClFNO2. The summed E-state index contributed by atoms with van der Waals surface area (Å²) < 4.78 is 18.6. The van der Waals surface area contributed by atoms with E-state index >= 15 is 0 Å². The molecule has 0 bridgehead atoms. The van der Waals surface area contributed by atoms with Gasteiger partial charge in [-0.15, -0.1) is 0 Å². The van der Waals surface area contributed by atoms with Crippen LogP contribution in [0.2, 0.25) is 5.02 Å². The Bertz CT molecular complexity index is 931. The van der Waals surface area contributed by atoms with Crippen molar-refractivity contribution in [2.75, 3.05) is 0 Å². The second-order valence-corrected chi connectivity index (χ2v) is 5.85. The van der Waals surface area contributed by atoms with E-state index in [2.05, 4.69) is 4.98 Å². The summed E-state index contributed by atoms with van der Waals surface area (Å²) in [7, 11) is 0. The molecule has 0 aliphatic carbocycles. The van der Waals surface area contributed by atoms with Crippen LogP contribution in [0.5, 0.6) is 11.5 Å². The molecule has 0 spiro atoms. The Hall–Kier alpha value is -2.59. The van der Waals surface area contributed by atoms with Gasteiger partial charge in [-0.25, -0.2) is 4.39 Å². The van der Waals surface area contributed by atoms with Gasteiger partial charge in [0.1, 0.15) is 22.3 Å². The van der Waals surface area contributed by atoms with Crippen LogP contribution in [0, 0.1) is 19.7 Å². The number of hydrogen-bond donors (Lipinski definition) is 1. The molecular weight excluding hydrogens is 329 g/mol. The third-order valence-corrected chi connectivity index (χ3v) is 4.15. The molecule has 0 aliphatic heterocycles. The minimum Gasteiger partial charge on any atom is -0.457 e. The number of nitrogens with one attached hydrogen (secondary N) is 1. The number of aromatic nitrogens is 1. The standard InChI is InChI=1S/C19H15ClFNO2/c1-11-17(19(23)18(20)12(2)22-11)13-3-7-15(8-4-13)24-16-9-5-14(21)6-10-16/h3-10H,1-2H3,(H,22,23). The lowest BCUT2D eigenvalue weighted by molar-refractivity contribution is 0.480. The minimum atomic E-state index is -0.316. The van der Waals surface area contributed by atoms with Crippen LogP contribution in [-0.4, -0.2) is 4.98 Å². The van der Waals surface area contributed by atoms with Gasteiger partial charge in [-0.1, -0.05) is 23.7 Å². The van der Waals surface area contributed by atoms with E-state index in [4.69, 9.17) is 16.3 Å². The molecule has 0 radical (unpaired) electrons. The highest BCUT2D eigenvalue weighted by molar-refractivity contribution is 6.31. The maximum absolute atomic E-state index is 12.9. The molecule has 0 fully saturated rings. The lowest BCUT2D eigenvalue weighted by Crippen LogP contribution is -2.11. The highest BCUT2D eigenvalue weighted by atomic mass is 35.5. The summed E-state index contributed by atoms with van der Waals surface area (Å²) >= 11 is 6.06. The van der Waals surface area contributed by atoms with Crippen LogP contribution in [0.3, 0.4) is 0 Å². The first-order chi connectivity index (χ1) is 11.5. The number of rotatable bonds is 3. The Kier molecular flexibility index (Phi) is 4.40. The van der Waals surface area contributed by atoms with Gasteiger partial charge < -0.3 is 9.72 Å². The van der Waals surface area contributed by atoms with Crippen molar-refractivity contribution in [1.82, 2.24) is 4.98 Å². The van der Waals surface area contributed by atoms with Gasteiger partial charge in [0.2, 0.25) is 5.43 Å². The van der Waals surface area contributed by atoms with Gasteiger partial charge in [0.25, 0.3) is 0 Å². The van der Waals surface area contributed by atoms with Crippen LogP contribution < -0.4 is 10.2 Å². The zero-order valence-electron chi connectivity index (χ0n) is 13.2. The van der Waals surface area contributed by atoms with Crippen LogP contribution >= 0.6 is 11.6 Å². The molecule has 3 rings (SSSR count). The summed E-state index contributed by atoms with van der Waals surface area (Å²) in [6.45, 7) is 3.60. The van der Waals surface area contributed by atoms with E-state index < -0.39 is 0 Å². The molecule has 1 N–H and O–H groups in total. The van der Waals surface area contributed by atoms with Gasteiger partial charge in [0.15, 0.2) is 0 Å². The fourth-order valence-electron chi connectivity index (χ4n) is 2.52. The van der Waals surface area contributed by atoms with E-state index in [1.807, 2.05) is 6.92 Å². The van der Waals surface area contributed by atoms with Crippen LogP contribution in [0.15, 0.2) is 53.3 Å². The highest BCUT2D eigenvalue weighted by Crippen LogP contribution is 2.27. The normalized spacial score (nSPS) is 10.7. The molecule has 1 aromatic heterocycles. The van der Waals surface area contributed by atoms with Crippen molar-refractivity contribution in [2.45, 2.75) is 13.8 Å². The summed E-state index contributed by atoms with van der Waals surface area (Å²) in [5.74, 6) is 0.817. The number of aryl methyl sites for hydroxylation is 2. The maximum atomic E-state index is 12.9. The summed E-state index contributed by atoms with van der Waals surface area (Å²) in [5, 5.41) is 0.197.